The Hall–Kier alpha value is -0.0800. The van der Waals surface area contributed by atoms with Gasteiger partial charge in [-0.25, -0.2) is 0 Å². The van der Waals surface area contributed by atoms with E-state index in [1.165, 1.54) is 32.4 Å². The van der Waals surface area contributed by atoms with Crippen LogP contribution in [0.2, 0.25) is 0 Å². The van der Waals surface area contributed by atoms with Crippen molar-refractivity contribution in [3.8, 4) is 0 Å². The van der Waals surface area contributed by atoms with E-state index < -0.39 is 0 Å². The highest BCUT2D eigenvalue weighted by atomic mass is 15.2. The molecule has 0 saturated heterocycles. The van der Waals surface area contributed by atoms with Crippen molar-refractivity contribution in [1.29, 1.82) is 0 Å². The van der Waals surface area contributed by atoms with Crippen molar-refractivity contribution >= 4 is 0 Å². The lowest BCUT2D eigenvalue weighted by molar-refractivity contribution is 0.171. The zero-order valence-electron chi connectivity index (χ0n) is 11.6. The van der Waals surface area contributed by atoms with Gasteiger partial charge in [0.2, 0.25) is 0 Å². The topological polar surface area (TPSA) is 6.48 Å². The second-order valence-electron chi connectivity index (χ2n) is 5.29. The van der Waals surface area contributed by atoms with Crippen molar-refractivity contribution < 1.29 is 0 Å². The minimum Gasteiger partial charge on any atom is -0.309 e. The number of hydrogen-bond acceptors (Lipinski definition) is 2. The molecule has 92 valence electrons. The van der Waals surface area contributed by atoms with Gasteiger partial charge < -0.3 is 4.90 Å². The van der Waals surface area contributed by atoms with Gasteiger partial charge in [-0.3, -0.25) is 4.90 Å². The first-order valence-electron chi connectivity index (χ1n) is 6.35. The van der Waals surface area contributed by atoms with Crippen LogP contribution in [0, 0.1) is 0 Å². The molecular weight excluding hydrogens is 184 g/mol. The third-order valence-corrected chi connectivity index (χ3v) is 2.85. The quantitative estimate of drug-likeness (QED) is 0.573. The van der Waals surface area contributed by atoms with Gasteiger partial charge in [0.25, 0.3) is 0 Å². The summed E-state index contributed by atoms with van der Waals surface area (Å²) in [4.78, 5) is 4.85. The molecule has 0 amide bonds. The Balaban J connectivity index is 3.55. The summed E-state index contributed by atoms with van der Waals surface area (Å²) in [5, 5.41) is 0. The van der Waals surface area contributed by atoms with Gasteiger partial charge in [0, 0.05) is 12.1 Å². The highest BCUT2D eigenvalue weighted by Gasteiger charge is 2.11. The highest BCUT2D eigenvalue weighted by molar-refractivity contribution is 4.67. The van der Waals surface area contributed by atoms with Gasteiger partial charge in [-0.05, 0) is 67.7 Å². The molecule has 0 aliphatic rings. The van der Waals surface area contributed by atoms with Gasteiger partial charge in [-0.1, -0.05) is 6.42 Å². The lowest BCUT2D eigenvalue weighted by atomic mass is 10.1. The smallest absolute Gasteiger partial charge is 0.00412 e. The van der Waals surface area contributed by atoms with E-state index in [2.05, 4.69) is 51.6 Å². The summed E-state index contributed by atoms with van der Waals surface area (Å²) >= 11 is 0. The molecule has 0 aromatic heterocycles. The van der Waals surface area contributed by atoms with Gasteiger partial charge in [0.05, 0.1) is 0 Å². The number of rotatable bonds is 8. The second-order valence-corrected chi connectivity index (χ2v) is 5.29. The van der Waals surface area contributed by atoms with Crippen LogP contribution in [0.3, 0.4) is 0 Å². The molecule has 2 heteroatoms. The monoisotopic (exact) mass is 214 g/mol. The van der Waals surface area contributed by atoms with Gasteiger partial charge in [-0.15, -0.1) is 0 Å². The fraction of sp³-hybridized carbons (Fsp3) is 1.00. The van der Waals surface area contributed by atoms with Crippen molar-refractivity contribution in [1.82, 2.24) is 9.80 Å². The molecular formula is C13H30N2. The van der Waals surface area contributed by atoms with Gasteiger partial charge in [-0.2, -0.15) is 0 Å². The van der Waals surface area contributed by atoms with Crippen molar-refractivity contribution in [2.75, 3.05) is 27.2 Å². The number of unbranched alkanes of at least 4 members (excludes halogenated alkanes) is 2. The first-order valence-corrected chi connectivity index (χ1v) is 6.35. The SMILES string of the molecule is CC(C)N(CCCCCN(C)C)C(C)C. The fourth-order valence-corrected chi connectivity index (χ4v) is 2.01. The average molecular weight is 214 g/mol. The molecule has 0 aromatic carbocycles. The average Bonchev–Trinajstić information content (AvgIpc) is 2.08. The predicted molar refractivity (Wildman–Crippen MR) is 69.4 cm³/mol. The molecule has 0 heterocycles. The molecule has 0 saturated carbocycles. The molecule has 0 atom stereocenters. The van der Waals surface area contributed by atoms with Crippen LogP contribution in [0.25, 0.3) is 0 Å². The Bertz CT molecular complexity index is 133. The summed E-state index contributed by atoms with van der Waals surface area (Å²) in [6.07, 6.45) is 4.02. The Morgan fingerprint density at radius 1 is 0.733 bits per heavy atom. The number of hydrogen-bond donors (Lipinski definition) is 0. The van der Waals surface area contributed by atoms with Crippen molar-refractivity contribution in [3.63, 3.8) is 0 Å². The van der Waals surface area contributed by atoms with Gasteiger partial charge in [0.1, 0.15) is 0 Å². The molecule has 0 aliphatic carbocycles. The Morgan fingerprint density at radius 2 is 1.20 bits per heavy atom. The molecule has 0 bridgehead atoms. The fourth-order valence-electron chi connectivity index (χ4n) is 2.01. The zero-order valence-corrected chi connectivity index (χ0v) is 11.6. The molecule has 0 aliphatic heterocycles. The molecule has 2 nitrogen and oxygen atoms in total. The molecule has 0 aromatic rings. The molecule has 0 fully saturated rings. The van der Waals surface area contributed by atoms with E-state index in [1.807, 2.05) is 0 Å². The summed E-state index contributed by atoms with van der Waals surface area (Å²) in [5.74, 6) is 0. The first kappa shape index (κ1) is 14.9. The molecule has 0 rings (SSSR count). The van der Waals surface area contributed by atoms with Crippen molar-refractivity contribution in [3.05, 3.63) is 0 Å². The maximum atomic E-state index is 2.58. The summed E-state index contributed by atoms with van der Waals surface area (Å²) in [6.45, 7) is 11.6. The lowest BCUT2D eigenvalue weighted by Gasteiger charge is -2.30. The summed E-state index contributed by atoms with van der Waals surface area (Å²) in [5.41, 5.74) is 0. The minimum absolute atomic E-state index is 0.679. The summed E-state index contributed by atoms with van der Waals surface area (Å²) in [6, 6.07) is 1.36. The first-order chi connectivity index (χ1) is 6.95. The highest BCUT2D eigenvalue weighted by Crippen LogP contribution is 2.07. The van der Waals surface area contributed by atoms with E-state index in [-0.39, 0.29) is 0 Å². The molecule has 15 heavy (non-hydrogen) atoms. The minimum atomic E-state index is 0.679. The van der Waals surface area contributed by atoms with Crippen LogP contribution in [0.4, 0.5) is 0 Å². The van der Waals surface area contributed by atoms with Crippen LogP contribution in [-0.2, 0) is 0 Å². The third kappa shape index (κ3) is 7.80. The third-order valence-electron chi connectivity index (χ3n) is 2.85. The van der Waals surface area contributed by atoms with Crippen LogP contribution in [0.1, 0.15) is 47.0 Å². The summed E-state index contributed by atoms with van der Waals surface area (Å²) in [7, 11) is 4.29. The Labute approximate surface area is 96.6 Å². The van der Waals surface area contributed by atoms with E-state index in [1.54, 1.807) is 0 Å². The van der Waals surface area contributed by atoms with E-state index in [4.69, 9.17) is 0 Å². The normalized spacial score (nSPS) is 12.4. The molecule has 0 radical (unpaired) electrons. The van der Waals surface area contributed by atoms with E-state index in [9.17, 15) is 0 Å². The van der Waals surface area contributed by atoms with Crippen LogP contribution in [0.15, 0.2) is 0 Å². The maximum absolute atomic E-state index is 2.58. The molecule has 0 N–H and O–H groups in total. The van der Waals surface area contributed by atoms with Crippen molar-refractivity contribution in [2.24, 2.45) is 0 Å². The van der Waals surface area contributed by atoms with E-state index >= 15 is 0 Å². The largest absolute Gasteiger partial charge is 0.309 e. The van der Waals surface area contributed by atoms with Crippen LogP contribution < -0.4 is 0 Å². The van der Waals surface area contributed by atoms with E-state index in [0.717, 1.165) is 0 Å². The second kappa shape index (κ2) is 8.12. The molecule has 0 unspecified atom stereocenters. The zero-order chi connectivity index (χ0) is 11.8. The van der Waals surface area contributed by atoms with Crippen LogP contribution in [0.5, 0.6) is 0 Å². The Morgan fingerprint density at radius 3 is 1.60 bits per heavy atom. The number of nitrogens with zero attached hydrogens (tertiary/aromatic N) is 2. The standard InChI is InChI=1S/C13H30N2/c1-12(2)15(13(3)4)11-9-7-8-10-14(5)6/h12-13H,7-11H2,1-6H3. The molecule has 0 spiro atoms. The maximum Gasteiger partial charge on any atom is 0.00412 e. The van der Waals surface area contributed by atoms with Crippen molar-refractivity contribution in [2.45, 2.75) is 59.0 Å². The van der Waals surface area contributed by atoms with Gasteiger partial charge >= 0.3 is 0 Å². The van der Waals surface area contributed by atoms with Crippen LogP contribution >= 0.6 is 0 Å². The van der Waals surface area contributed by atoms with Crippen LogP contribution in [-0.4, -0.2) is 49.1 Å². The summed E-state index contributed by atoms with van der Waals surface area (Å²) < 4.78 is 0. The van der Waals surface area contributed by atoms with E-state index in [0.29, 0.717) is 12.1 Å². The predicted octanol–water partition coefficient (Wildman–Crippen LogP) is 2.84. The van der Waals surface area contributed by atoms with Gasteiger partial charge in [0.15, 0.2) is 0 Å². The lowest BCUT2D eigenvalue weighted by Crippen LogP contribution is -2.37. The Kier molecular flexibility index (Phi) is 8.07.